The lowest BCUT2D eigenvalue weighted by Crippen LogP contribution is -2.37. The minimum atomic E-state index is -0.480. The summed E-state index contributed by atoms with van der Waals surface area (Å²) in [6.07, 6.45) is 0. The molecule has 0 saturated heterocycles. The molecule has 2 aromatic rings. The standard InChI is InChI=1S/C14H17N5O2/c1-9-12(15)13(19-18-9)14(21)17-8-11(20)16-7-10-5-3-2-4-6-10/h2-6H,7-8,15H2,1H3,(H,16,20)(H,17,21)(H,18,19). The van der Waals surface area contributed by atoms with Crippen molar-refractivity contribution < 1.29 is 9.59 Å². The average Bonchev–Trinajstić information content (AvgIpc) is 2.83. The number of nitrogens with two attached hydrogens (primary N) is 1. The molecule has 0 spiro atoms. The first-order chi connectivity index (χ1) is 10.1. The summed E-state index contributed by atoms with van der Waals surface area (Å²) in [6.45, 7) is 2.00. The van der Waals surface area contributed by atoms with E-state index in [1.54, 1.807) is 6.92 Å². The Morgan fingerprint density at radius 2 is 1.95 bits per heavy atom. The molecule has 0 atom stereocenters. The SMILES string of the molecule is Cc1[nH]nc(C(=O)NCC(=O)NCc2ccccc2)c1N. The monoisotopic (exact) mass is 287 g/mol. The molecule has 0 saturated carbocycles. The number of nitrogens with zero attached hydrogens (tertiary/aromatic N) is 1. The summed E-state index contributed by atoms with van der Waals surface area (Å²) in [7, 11) is 0. The number of rotatable bonds is 5. The summed E-state index contributed by atoms with van der Waals surface area (Å²) in [5, 5.41) is 11.6. The number of carbonyl (C=O) groups is 2. The largest absolute Gasteiger partial charge is 0.395 e. The summed E-state index contributed by atoms with van der Waals surface area (Å²) >= 11 is 0. The van der Waals surface area contributed by atoms with Crippen LogP contribution in [0.2, 0.25) is 0 Å². The molecule has 0 unspecified atom stereocenters. The fourth-order valence-electron chi connectivity index (χ4n) is 1.71. The zero-order valence-corrected chi connectivity index (χ0v) is 11.6. The second-order valence-electron chi connectivity index (χ2n) is 4.56. The zero-order valence-electron chi connectivity index (χ0n) is 11.6. The van der Waals surface area contributed by atoms with Gasteiger partial charge in [0.05, 0.1) is 17.9 Å². The number of benzene rings is 1. The van der Waals surface area contributed by atoms with Crippen molar-refractivity contribution in [3.05, 3.63) is 47.3 Å². The Labute approximate surface area is 121 Å². The summed E-state index contributed by atoms with van der Waals surface area (Å²) in [6, 6.07) is 9.51. The summed E-state index contributed by atoms with van der Waals surface area (Å²) in [5.41, 5.74) is 7.69. The van der Waals surface area contributed by atoms with Gasteiger partial charge in [-0.3, -0.25) is 14.7 Å². The highest BCUT2D eigenvalue weighted by Crippen LogP contribution is 2.11. The number of nitrogen functional groups attached to an aromatic ring is 1. The van der Waals surface area contributed by atoms with E-state index in [0.29, 0.717) is 12.2 Å². The number of anilines is 1. The molecule has 7 heteroatoms. The van der Waals surface area contributed by atoms with Gasteiger partial charge in [-0.25, -0.2) is 0 Å². The van der Waals surface area contributed by atoms with Gasteiger partial charge in [-0.1, -0.05) is 30.3 Å². The lowest BCUT2D eigenvalue weighted by Gasteiger charge is -2.06. The molecule has 2 rings (SSSR count). The van der Waals surface area contributed by atoms with Gasteiger partial charge in [0.25, 0.3) is 5.91 Å². The van der Waals surface area contributed by atoms with Crippen molar-refractivity contribution in [2.45, 2.75) is 13.5 Å². The lowest BCUT2D eigenvalue weighted by molar-refractivity contribution is -0.120. The van der Waals surface area contributed by atoms with E-state index in [4.69, 9.17) is 5.73 Å². The molecule has 0 aliphatic heterocycles. The molecule has 110 valence electrons. The fraction of sp³-hybridized carbons (Fsp3) is 0.214. The number of aromatic amines is 1. The first-order valence-corrected chi connectivity index (χ1v) is 6.47. The van der Waals surface area contributed by atoms with Gasteiger partial charge < -0.3 is 16.4 Å². The molecule has 0 radical (unpaired) electrons. The van der Waals surface area contributed by atoms with E-state index in [0.717, 1.165) is 5.56 Å². The van der Waals surface area contributed by atoms with Crippen LogP contribution in [0.15, 0.2) is 30.3 Å². The predicted octanol–water partition coefficient (Wildman–Crippen LogP) is 0.347. The number of aryl methyl sites for hydroxylation is 1. The quantitative estimate of drug-likeness (QED) is 0.635. The second kappa shape index (κ2) is 6.56. The Hall–Kier alpha value is -2.83. The van der Waals surface area contributed by atoms with Crippen LogP contribution in [0.3, 0.4) is 0 Å². The van der Waals surface area contributed by atoms with Gasteiger partial charge in [-0.05, 0) is 12.5 Å². The topological polar surface area (TPSA) is 113 Å². The third-order valence-corrected chi connectivity index (χ3v) is 2.95. The Morgan fingerprint density at radius 3 is 2.57 bits per heavy atom. The molecule has 5 N–H and O–H groups in total. The highest BCUT2D eigenvalue weighted by Gasteiger charge is 2.15. The summed E-state index contributed by atoms with van der Waals surface area (Å²) in [4.78, 5) is 23.5. The lowest BCUT2D eigenvalue weighted by atomic mass is 10.2. The highest BCUT2D eigenvalue weighted by molar-refractivity contribution is 5.99. The molecule has 0 fully saturated rings. The molecule has 7 nitrogen and oxygen atoms in total. The van der Waals surface area contributed by atoms with Crippen molar-refractivity contribution in [1.29, 1.82) is 0 Å². The Bertz CT molecular complexity index is 636. The summed E-state index contributed by atoms with van der Waals surface area (Å²) < 4.78 is 0. The van der Waals surface area contributed by atoms with Gasteiger partial charge >= 0.3 is 0 Å². The van der Waals surface area contributed by atoms with Crippen LogP contribution < -0.4 is 16.4 Å². The van der Waals surface area contributed by atoms with Gasteiger partial charge in [0, 0.05) is 6.54 Å². The van der Waals surface area contributed by atoms with E-state index in [1.165, 1.54) is 0 Å². The number of hydrogen-bond acceptors (Lipinski definition) is 4. The van der Waals surface area contributed by atoms with Gasteiger partial charge in [0.2, 0.25) is 5.91 Å². The van der Waals surface area contributed by atoms with E-state index in [9.17, 15) is 9.59 Å². The van der Waals surface area contributed by atoms with Crippen molar-refractivity contribution in [1.82, 2.24) is 20.8 Å². The molecule has 1 aromatic carbocycles. The Kier molecular flexibility index (Phi) is 4.55. The Balaban J connectivity index is 1.79. The van der Waals surface area contributed by atoms with Crippen molar-refractivity contribution in [3.63, 3.8) is 0 Å². The van der Waals surface area contributed by atoms with Gasteiger partial charge in [0.15, 0.2) is 5.69 Å². The molecule has 2 amide bonds. The molecule has 0 bridgehead atoms. The highest BCUT2D eigenvalue weighted by atomic mass is 16.2. The predicted molar refractivity (Wildman–Crippen MR) is 78.4 cm³/mol. The maximum Gasteiger partial charge on any atom is 0.274 e. The van der Waals surface area contributed by atoms with Gasteiger partial charge in [-0.2, -0.15) is 5.10 Å². The first-order valence-electron chi connectivity index (χ1n) is 6.47. The maximum absolute atomic E-state index is 11.8. The zero-order chi connectivity index (χ0) is 15.2. The van der Waals surface area contributed by atoms with E-state index in [-0.39, 0.29) is 23.8 Å². The van der Waals surface area contributed by atoms with Crippen molar-refractivity contribution in [3.8, 4) is 0 Å². The second-order valence-corrected chi connectivity index (χ2v) is 4.56. The third-order valence-electron chi connectivity index (χ3n) is 2.95. The smallest absolute Gasteiger partial charge is 0.274 e. The molecule has 21 heavy (non-hydrogen) atoms. The minimum Gasteiger partial charge on any atom is -0.395 e. The molecule has 1 heterocycles. The van der Waals surface area contributed by atoms with Crippen LogP contribution in [-0.2, 0) is 11.3 Å². The molecular weight excluding hydrogens is 270 g/mol. The molecule has 1 aromatic heterocycles. The normalized spacial score (nSPS) is 10.1. The fourth-order valence-corrected chi connectivity index (χ4v) is 1.71. The van der Waals surface area contributed by atoms with Gasteiger partial charge in [0.1, 0.15) is 0 Å². The first kappa shape index (κ1) is 14.6. The van der Waals surface area contributed by atoms with Gasteiger partial charge in [-0.15, -0.1) is 0 Å². The van der Waals surface area contributed by atoms with Crippen LogP contribution in [0.4, 0.5) is 5.69 Å². The van der Waals surface area contributed by atoms with Crippen LogP contribution in [0.1, 0.15) is 21.7 Å². The van der Waals surface area contributed by atoms with E-state index in [1.807, 2.05) is 30.3 Å². The third kappa shape index (κ3) is 3.82. The van der Waals surface area contributed by atoms with Crippen molar-refractivity contribution >= 4 is 17.5 Å². The van der Waals surface area contributed by atoms with Crippen LogP contribution >= 0.6 is 0 Å². The molecular formula is C14H17N5O2. The number of aromatic nitrogens is 2. The van der Waals surface area contributed by atoms with E-state index < -0.39 is 5.91 Å². The number of hydrogen-bond donors (Lipinski definition) is 4. The number of amides is 2. The van der Waals surface area contributed by atoms with Crippen LogP contribution in [0.5, 0.6) is 0 Å². The van der Waals surface area contributed by atoms with Crippen LogP contribution in [0.25, 0.3) is 0 Å². The maximum atomic E-state index is 11.8. The van der Waals surface area contributed by atoms with Crippen molar-refractivity contribution in [2.24, 2.45) is 0 Å². The average molecular weight is 287 g/mol. The number of carbonyl (C=O) groups excluding carboxylic acids is 2. The summed E-state index contributed by atoms with van der Waals surface area (Å²) in [5.74, 6) is -0.759. The number of nitrogens with one attached hydrogen (secondary N) is 3. The van der Waals surface area contributed by atoms with Crippen LogP contribution in [0, 0.1) is 6.92 Å². The van der Waals surface area contributed by atoms with Crippen molar-refractivity contribution in [2.75, 3.05) is 12.3 Å². The van der Waals surface area contributed by atoms with Crippen LogP contribution in [-0.4, -0.2) is 28.6 Å². The van der Waals surface area contributed by atoms with E-state index >= 15 is 0 Å². The van der Waals surface area contributed by atoms with E-state index in [2.05, 4.69) is 20.8 Å². The minimum absolute atomic E-state index is 0.100. The Morgan fingerprint density at radius 1 is 1.24 bits per heavy atom. The molecule has 0 aliphatic carbocycles. The molecule has 0 aliphatic rings. The number of H-pyrrole nitrogens is 1.